The van der Waals surface area contributed by atoms with Crippen molar-refractivity contribution >= 4 is 0 Å². The summed E-state index contributed by atoms with van der Waals surface area (Å²) in [4.78, 5) is 2.28. The summed E-state index contributed by atoms with van der Waals surface area (Å²) in [5.41, 5.74) is 0. The summed E-state index contributed by atoms with van der Waals surface area (Å²) in [5.74, 6) is 0.407. The van der Waals surface area contributed by atoms with Gasteiger partial charge in [0.05, 0.1) is 12.7 Å². The molecule has 3 heteroatoms. The molecule has 0 aromatic carbocycles. The standard InChI is InChI=1S/C9H19NO2/c1-7-4-10(5-9(7)11)8(2)6-12-3/h7-9,11H,4-6H2,1-3H3. The first-order chi connectivity index (χ1) is 5.65. The molecule has 0 spiro atoms. The van der Waals surface area contributed by atoms with Crippen LogP contribution in [-0.4, -0.2) is 49.0 Å². The number of ether oxygens (including phenoxy) is 1. The molecule has 1 aliphatic heterocycles. The molecule has 3 atom stereocenters. The third-order valence-corrected chi connectivity index (χ3v) is 2.63. The second-order valence-electron chi connectivity index (χ2n) is 3.80. The van der Waals surface area contributed by atoms with Gasteiger partial charge in [0.2, 0.25) is 0 Å². The molecule has 0 amide bonds. The van der Waals surface area contributed by atoms with Crippen molar-refractivity contribution in [1.29, 1.82) is 0 Å². The number of nitrogens with zero attached hydrogens (tertiary/aromatic N) is 1. The molecule has 0 aliphatic carbocycles. The Bertz CT molecular complexity index is 130. The molecule has 1 rings (SSSR count). The molecule has 1 aliphatic rings. The van der Waals surface area contributed by atoms with Gasteiger partial charge in [-0.25, -0.2) is 0 Å². The Morgan fingerprint density at radius 2 is 2.25 bits per heavy atom. The summed E-state index contributed by atoms with van der Waals surface area (Å²) in [5, 5.41) is 9.50. The highest BCUT2D eigenvalue weighted by molar-refractivity contribution is 4.83. The van der Waals surface area contributed by atoms with Gasteiger partial charge in [0.25, 0.3) is 0 Å². The minimum absolute atomic E-state index is 0.149. The number of hydrogen-bond donors (Lipinski definition) is 1. The third kappa shape index (κ3) is 2.19. The minimum atomic E-state index is -0.149. The van der Waals surface area contributed by atoms with Crippen LogP contribution < -0.4 is 0 Å². The fourth-order valence-corrected chi connectivity index (χ4v) is 1.69. The van der Waals surface area contributed by atoms with Gasteiger partial charge in [0.1, 0.15) is 0 Å². The maximum Gasteiger partial charge on any atom is 0.0704 e. The van der Waals surface area contributed by atoms with E-state index in [9.17, 15) is 5.11 Å². The van der Waals surface area contributed by atoms with E-state index < -0.39 is 0 Å². The first-order valence-corrected chi connectivity index (χ1v) is 4.56. The van der Waals surface area contributed by atoms with Gasteiger partial charge in [0.15, 0.2) is 0 Å². The van der Waals surface area contributed by atoms with Crippen molar-refractivity contribution in [1.82, 2.24) is 4.90 Å². The van der Waals surface area contributed by atoms with Gasteiger partial charge >= 0.3 is 0 Å². The van der Waals surface area contributed by atoms with E-state index in [1.54, 1.807) is 7.11 Å². The molecule has 1 N–H and O–H groups in total. The highest BCUT2D eigenvalue weighted by Crippen LogP contribution is 2.18. The normalized spacial score (nSPS) is 34.0. The molecule has 0 saturated carbocycles. The van der Waals surface area contributed by atoms with E-state index in [0.717, 1.165) is 19.7 Å². The van der Waals surface area contributed by atoms with Crippen molar-refractivity contribution < 1.29 is 9.84 Å². The molecule has 3 unspecified atom stereocenters. The van der Waals surface area contributed by atoms with E-state index in [2.05, 4.69) is 18.7 Å². The summed E-state index contributed by atoms with van der Waals surface area (Å²) < 4.78 is 5.06. The molecule has 0 aromatic heterocycles. The number of rotatable bonds is 3. The lowest BCUT2D eigenvalue weighted by Crippen LogP contribution is -2.34. The maximum absolute atomic E-state index is 9.50. The SMILES string of the molecule is COCC(C)N1CC(C)C(O)C1. The number of methoxy groups -OCH3 is 1. The molecule has 3 nitrogen and oxygen atoms in total. The predicted molar refractivity (Wildman–Crippen MR) is 48.1 cm³/mol. The van der Waals surface area contributed by atoms with Crippen molar-refractivity contribution in [3.63, 3.8) is 0 Å². The van der Waals surface area contributed by atoms with Crippen LogP contribution in [0.25, 0.3) is 0 Å². The van der Waals surface area contributed by atoms with E-state index >= 15 is 0 Å². The van der Waals surface area contributed by atoms with Crippen LogP contribution in [0.5, 0.6) is 0 Å². The number of β-amino-alcohol motifs (C(OH)–C–C–N with tert-alkyl or cyclic N) is 1. The van der Waals surface area contributed by atoms with Crippen molar-refractivity contribution in [2.24, 2.45) is 5.92 Å². The Morgan fingerprint density at radius 3 is 2.67 bits per heavy atom. The average Bonchev–Trinajstić information content (AvgIpc) is 2.33. The largest absolute Gasteiger partial charge is 0.391 e. The van der Waals surface area contributed by atoms with Gasteiger partial charge in [-0.15, -0.1) is 0 Å². The van der Waals surface area contributed by atoms with Crippen LogP contribution in [0.2, 0.25) is 0 Å². The van der Waals surface area contributed by atoms with Gasteiger partial charge < -0.3 is 9.84 Å². The summed E-state index contributed by atoms with van der Waals surface area (Å²) in [6, 6.07) is 0.426. The van der Waals surface area contributed by atoms with Crippen LogP contribution in [-0.2, 0) is 4.74 Å². The van der Waals surface area contributed by atoms with E-state index in [1.165, 1.54) is 0 Å². The fraction of sp³-hybridized carbons (Fsp3) is 1.00. The Morgan fingerprint density at radius 1 is 1.58 bits per heavy atom. The molecule has 0 bridgehead atoms. The highest BCUT2D eigenvalue weighted by atomic mass is 16.5. The van der Waals surface area contributed by atoms with Gasteiger partial charge in [-0.2, -0.15) is 0 Å². The van der Waals surface area contributed by atoms with Crippen LogP contribution in [0, 0.1) is 5.92 Å². The zero-order valence-electron chi connectivity index (χ0n) is 8.16. The van der Waals surface area contributed by atoms with Crippen molar-refractivity contribution in [3.05, 3.63) is 0 Å². The van der Waals surface area contributed by atoms with Gasteiger partial charge in [-0.3, -0.25) is 4.90 Å². The maximum atomic E-state index is 9.50. The topological polar surface area (TPSA) is 32.7 Å². The van der Waals surface area contributed by atoms with Crippen LogP contribution in [0.4, 0.5) is 0 Å². The van der Waals surface area contributed by atoms with Gasteiger partial charge in [-0.1, -0.05) is 6.92 Å². The third-order valence-electron chi connectivity index (χ3n) is 2.63. The first kappa shape index (κ1) is 9.96. The van der Waals surface area contributed by atoms with Crippen molar-refractivity contribution in [2.75, 3.05) is 26.8 Å². The quantitative estimate of drug-likeness (QED) is 0.668. The molecular formula is C9H19NO2. The first-order valence-electron chi connectivity index (χ1n) is 4.56. The average molecular weight is 173 g/mol. The predicted octanol–water partition coefficient (Wildman–Crippen LogP) is 0.334. The Labute approximate surface area is 74.3 Å². The lowest BCUT2D eigenvalue weighted by atomic mass is 10.1. The van der Waals surface area contributed by atoms with Gasteiger partial charge in [-0.05, 0) is 12.8 Å². The molecular weight excluding hydrogens is 154 g/mol. The monoisotopic (exact) mass is 173 g/mol. The van der Waals surface area contributed by atoms with Crippen LogP contribution in [0.15, 0.2) is 0 Å². The smallest absolute Gasteiger partial charge is 0.0704 e. The number of aliphatic hydroxyl groups is 1. The molecule has 72 valence electrons. The van der Waals surface area contributed by atoms with Crippen LogP contribution in [0.1, 0.15) is 13.8 Å². The molecule has 1 fully saturated rings. The van der Waals surface area contributed by atoms with Crippen molar-refractivity contribution in [3.8, 4) is 0 Å². The lowest BCUT2D eigenvalue weighted by Gasteiger charge is -2.22. The summed E-state index contributed by atoms with van der Waals surface area (Å²) in [7, 11) is 1.71. The molecule has 0 radical (unpaired) electrons. The van der Waals surface area contributed by atoms with Crippen molar-refractivity contribution in [2.45, 2.75) is 26.0 Å². The van der Waals surface area contributed by atoms with Crippen LogP contribution in [0.3, 0.4) is 0 Å². The Balaban J connectivity index is 2.35. The van der Waals surface area contributed by atoms with Crippen LogP contribution >= 0.6 is 0 Å². The summed E-state index contributed by atoms with van der Waals surface area (Å²) in [6.07, 6.45) is -0.149. The second kappa shape index (κ2) is 4.21. The number of likely N-dealkylation sites (tertiary alicyclic amines) is 1. The van der Waals surface area contributed by atoms with E-state index in [4.69, 9.17) is 4.74 Å². The summed E-state index contributed by atoms with van der Waals surface area (Å²) in [6.45, 7) is 6.76. The summed E-state index contributed by atoms with van der Waals surface area (Å²) >= 11 is 0. The second-order valence-corrected chi connectivity index (χ2v) is 3.80. The zero-order valence-corrected chi connectivity index (χ0v) is 8.16. The fourth-order valence-electron chi connectivity index (χ4n) is 1.69. The molecule has 12 heavy (non-hydrogen) atoms. The minimum Gasteiger partial charge on any atom is -0.391 e. The zero-order chi connectivity index (χ0) is 9.14. The Kier molecular flexibility index (Phi) is 3.50. The molecule has 1 heterocycles. The van der Waals surface area contributed by atoms with E-state index in [-0.39, 0.29) is 6.10 Å². The van der Waals surface area contributed by atoms with Gasteiger partial charge in [0, 0.05) is 26.2 Å². The Hall–Kier alpha value is -0.120. The molecule has 0 aromatic rings. The number of hydrogen-bond acceptors (Lipinski definition) is 3. The highest BCUT2D eigenvalue weighted by Gasteiger charge is 2.30. The molecule has 1 saturated heterocycles. The lowest BCUT2D eigenvalue weighted by molar-refractivity contribution is 0.100. The van der Waals surface area contributed by atoms with E-state index in [0.29, 0.717) is 12.0 Å². The number of aliphatic hydroxyl groups excluding tert-OH is 1. The van der Waals surface area contributed by atoms with E-state index in [1.807, 2.05) is 0 Å².